The molecule has 2 atom stereocenters. The number of H-pyrrole nitrogens is 1. The number of hydrogen-bond donors (Lipinski definition) is 5. The van der Waals surface area contributed by atoms with Gasteiger partial charge in [-0.15, -0.1) is 0 Å². The number of carbonyl (C=O) groups excluding carboxylic acids is 1. The predicted molar refractivity (Wildman–Crippen MR) is 118 cm³/mol. The number of anilines is 1. The molecule has 2 unspecified atom stereocenters. The fourth-order valence-electron chi connectivity index (χ4n) is 3.01. The third kappa shape index (κ3) is 5.16. The number of rotatable bonds is 8. The van der Waals surface area contributed by atoms with Gasteiger partial charge in [0.1, 0.15) is 5.75 Å². The first-order valence-corrected chi connectivity index (χ1v) is 9.32. The van der Waals surface area contributed by atoms with Crippen LogP contribution in [-0.4, -0.2) is 35.8 Å². The molecule has 160 valence electrons. The number of amides is 1. The van der Waals surface area contributed by atoms with Crippen molar-refractivity contribution < 1.29 is 14.6 Å². The topological polar surface area (TPSA) is 143 Å². The summed E-state index contributed by atoms with van der Waals surface area (Å²) < 4.78 is 5.51. The summed E-state index contributed by atoms with van der Waals surface area (Å²) in [5.41, 5.74) is 13.5. The highest BCUT2D eigenvalue weighted by molar-refractivity contribution is 5.98. The molecular formula is C22H28N4O4. The molecule has 2 rings (SSSR count). The van der Waals surface area contributed by atoms with E-state index in [0.29, 0.717) is 22.5 Å². The number of aliphatic hydroxyl groups is 1. The van der Waals surface area contributed by atoms with Gasteiger partial charge in [-0.2, -0.15) is 0 Å². The van der Waals surface area contributed by atoms with Gasteiger partial charge in [0.2, 0.25) is 5.56 Å². The zero-order chi connectivity index (χ0) is 22.5. The van der Waals surface area contributed by atoms with Gasteiger partial charge in [0.15, 0.2) is 0 Å². The molecule has 2 aromatic rings. The van der Waals surface area contributed by atoms with Crippen LogP contribution in [0.15, 0.2) is 53.4 Å². The van der Waals surface area contributed by atoms with Gasteiger partial charge in [-0.1, -0.05) is 24.3 Å². The predicted octanol–water partition coefficient (Wildman–Crippen LogP) is 1.52. The van der Waals surface area contributed by atoms with Gasteiger partial charge in [0, 0.05) is 23.0 Å². The van der Waals surface area contributed by atoms with Gasteiger partial charge >= 0.3 is 0 Å². The van der Waals surface area contributed by atoms with E-state index in [1.165, 1.54) is 19.2 Å². The Morgan fingerprint density at radius 3 is 2.67 bits per heavy atom. The molecule has 8 heteroatoms. The number of aliphatic hydroxyl groups excluding tert-OH is 1. The fraction of sp³-hybridized carbons (Fsp3) is 0.273. The first-order valence-electron chi connectivity index (χ1n) is 9.32. The number of ether oxygens (including phenoxy) is 1. The van der Waals surface area contributed by atoms with Crippen LogP contribution in [0.3, 0.4) is 0 Å². The summed E-state index contributed by atoms with van der Waals surface area (Å²) in [6, 6.07) is 7.28. The number of nitrogens with two attached hydrogens (primary N) is 2. The van der Waals surface area contributed by atoms with Crippen molar-refractivity contribution in [2.75, 3.05) is 19.5 Å². The smallest absolute Gasteiger partial charge is 0.255 e. The highest BCUT2D eigenvalue weighted by Gasteiger charge is 2.29. The molecule has 1 aromatic carbocycles. The van der Waals surface area contributed by atoms with Crippen LogP contribution in [0, 0.1) is 0 Å². The van der Waals surface area contributed by atoms with Crippen LogP contribution in [0.5, 0.6) is 5.75 Å². The molecule has 1 amide bonds. The second-order valence-electron chi connectivity index (χ2n) is 7.25. The Labute approximate surface area is 175 Å². The summed E-state index contributed by atoms with van der Waals surface area (Å²) in [4.78, 5) is 27.0. The number of nitrogen functional groups attached to an aromatic ring is 1. The van der Waals surface area contributed by atoms with E-state index in [0.717, 1.165) is 0 Å². The SMILES string of the molecule is C=C(C)C(CO)NC(=O)c1ccc(N)c(C(C)(N)/C=C/c2cccc(=O)[nH]2)c1OC. The molecule has 0 aliphatic heterocycles. The Hall–Kier alpha value is -3.36. The Morgan fingerprint density at radius 1 is 1.40 bits per heavy atom. The van der Waals surface area contributed by atoms with E-state index in [9.17, 15) is 14.7 Å². The normalized spacial score (nSPS) is 14.2. The second kappa shape index (κ2) is 9.43. The molecule has 0 fully saturated rings. The third-order valence-corrected chi connectivity index (χ3v) is 4.66. The van der Waals surface area contributed by atoms with Gasteiger partial charge < -0.3 is 31.6 Å². The minimum absolute atomic E-state index is 0.222. The number of methoxy groups -OCH3 is 1. The minimum atomic E-state index is -1.12. The molecular weight excluding hydrogens is 384 g/mol. The largest absolute Gasteiger partial charge is 0.495 e. The molecule has 1 heterocycles. The number of hydrogen-bond acceptors (Lipinski definition) is 6. The van der Waals surface area contributed by atoms with E-state index in [-0.39, 0.29) is 23.5 Å². The summed E-state index contributed by atoms with van der Waals surface area (Å²) >= 11 is 0. The van der Waals surface area contributed by atoms with E-state index in [1.807, 2.05) is 0 Å². The molecule has 0 aliphatic carbocycles. The van der Waals surface area contributed by atoms with Crippen molar-refractivity contribution in [3.63, 3.8) is 0 Å². The maximum absolute atomic E-state index is 12.8. The molecule has 0 aliphatic rings. The van der Waals surface area contributed by atoms with Crippen LogP contribution in [0.4, 0.5) is 5.69 Å². The molecule has 30 heavy (non-hydrogen) atoms. The van der Waals surface area contributed by atoms with Crippen LogP contribution >= 0.6 is 0 Å². The molecule has 0 radical (unpaired) electrons. The molecule has 0 bridgehead atoms. The molecule has 0 saturated carbocycles. The Morgan fingerprint density at radius 2 is 2.10 bits per heavy atom. The average molecular weight is 412 g/mol. The van der Waals surface area contributed by atoms with Gasteiger partial charge in [-0.25, -0.2) is 0 Å². The molecule has 0 saturated heterocycles. The van der Waals surface area contributed by atoms with Crippen LogP contribution in [-0.2, 0) is 5.54 Å². The number of pyridine rings is 1. The second-order valence-corrected chi connectivity index (χ2v) is 7.25. The van der Waals surface area contributed by atoms with Crippen LogP contribution in [0.25, 0.3) is 6.08 Å². The van der Waals surface area contributed by atoms with Gasteiger partial charge in [0.05, 0.1) is 30.9 Å². The van der Waals surface area contributed by atoms with Crippen molar-refractivity contribution in [2.45, 2.75) is 25.4 Å². The van der Waals surface area contributed by atoms with Crippen molar-refractivity contribution >= 4 is 17.7 Å². The van der Waals surface area contributed by atoms with Gasteiger partial charge in [-0.05, 0) is 38.1 Å². The summed E-state index contributed by atoms with van der Waals surface area (Å²) in [5.74, 6) is -0.232. The van der Waals surface area contributed by atoms with Gasteiger partial charge in [0.25, 0.3) is 5.91 Å². The lowest BCUT2D eigenvalue weighted by Crippen LogP contribution is -2.39. The first-order chi connectivity index (χ1) is 14.1. The van der Waals surface area contributed by atoms with Crippen molar-refractivity contribution in [3.05, 3.63) is 75.7 Å². The molecule has 1 aromatic heterocycles. The fourth-order valence-corrected chi connectivity index (χ4v) is 3.01. The summed E-state index contributed by atoms with van der Waals surface area (Å²) in [6.45, 7) is 6.91. The monoisotopic (exact) mass is 412 g/mol. The summed E-state index contributed by atoms with van der Waals surface area (Å²) in [7, 11) is 1.42. The highest BCUT2D eigenvalue weighted by atomic mass is 16.5. The quantitative estimate of drug-likeness (QED) is 0.328. The summed E-state index contributed by atoms with van der Waals surface area (Å²) in [6.07, 6.45) is 3.33. The first kappa shape index (κ1) is 22.9. The standard InChI is InChI=1S/C22H28N4O4/c1-13(2)17(12-27)26-21(29)15-8-9-16(23)19(20(15)30-4)22(3,24)11-10-14-6-5-7-18(28)25-14/h5-11,17,27H,1,12,23-24H2,2-4H3,(H,25,28)(H,26,29)/b11-10+. The average Bonchev–Trinajstić information content (AvgIpc) is 2.69. The Balaban J connectivity index is 2.48. The molecule has 7 N–H and O–H groups in total. The maximum Gasteiger partial charge on any atom is 0.255 e. The lowest BCUT2D eigenvalue weighted by atomic mass is 9.88. The van der Waals surface area contributed by atoms with Crippen LogP contribution in [0.2, 0.25) is 0 Å². The number of nitrogens with one attached hydrogen (secondary N) is 2. The van der Waals surface area contributed by atoms with E-state index in [2.05, 4.69) is 16.9 Å². The zero-order valence-electron chi connectivity index (χ0n) is 17.4. The zero-order valence-corrected chi connectivity index (χ0v) is 17.4. The maximum atomic E-state index is 12.8. The van der Waals surface area contributed by atoms with Crippen molar-refractivity contribution in [2.24, 2.45) is 5.73 Å². The van der Waals surface area contributed by atoms with Gasteiger partial charge in [-0.3, -0.25) is 9.59 Å². The number of benzene rings is 1. The summed E-state index contributed by atoms with van der Waals surface area (Å²) in [5, 5.41) is 12.2. The van der Waals surface area contributed by atoms with Crippen molar-refractivity contribution in [3.8, 4) is 5.75 Å². The number of aromatic amines is 1. The lowest BCUT2D eigenvalue weighted by molar-refractivity contribution is 0.0923. The Kier molecular flexibility index (Phi) is 7.20. The number of carbonyl (C=O) groups is 1. The van der Waals surface area contributed by atoms with E-state index in [4.69, 9.17) is 16.2 Å². The van der Waals surface area contributed by atoms with Crippen LogP contribution < -0.4 is 27.1 Å². The Bertz CT molecular complexity index is 1020. The van der Waals surface area contributed by atoms with Crippen molar-refractivity contribution in [1.82, 2.24) is 10.3 Å². The minimum Gasteiger partial charge on any atom is -0.495 e. The third-order valence-electron chi connectivity index (χ3n) is 4.66. The molecule has 0 spiro atoms. The van der Waals surface area contributed by atoms with E-state index >= 15 is 0 Å². The van der Waals surface area contributed by atoms with E-state index < -0.39 is 17.5 Å². The van der Waals surface area contributed by atoms with Crippen LogP contribution in [0.1, 0.15) is 35.5 Å². The van der Waals surface area contributed by atoms with E-state index in [1.54, 1.807) is 44.2 Å². The number of aromatic nitrogens is 1. The molecule has 8 nitrogen and oxygen atoms in total. The van der Waals surface area contributed by atoms with Crippen molar-refractivity contribution in [1.29, 1.82) is 0 Å². The lowest BCUT2D eigenvalue weighted by Gasteiger charge is -2.27. The highest BCUT2D eigenvalue weighted by Crippen LogP contribution is 2.37.